The molecule has 3 rings (SSSR count). The molecule has 0 unspecified atom stereocenters. The van der Waals surface area contributed by atoms with Gasteiger partial charge in [-0.05, 0) is 74.5 Å². The van der Waals surface area contributed by atoms with Crippen LogP contribution in [0.2, 0.25) is 0 Å². The number of likely N-dealkylation sites (tertiary alicyclic amines) is 1. The summed E-state index contributed by atoms with van der Waals surface area (Å²) in [5.41, 5.74) is 2.84. The summed E-state index contributed by atoms with van der Waals surface area (Å²) in [7, 11) is 0. The largest absolute Gasteiger partial charge is 0.369 e. The predicted octanol–water partition coefficient (Wildman–Crippen LogP) is 4.86. The lowest BCUT2D eigenvalue weighted by Crippen LogP contribution is -2.33. The van der Waals surface area contributed by atoms with Gasteiger partial charge in [0.1, 0.15) is 0 Å². The van der Waals surface area contributed by atoms with E-state index in [0.29, 0.717) is 48.3 Å². The molecule has 1 fully saturated rings. The number of hydrogen-bond acceptors (Lipinski definition) is 4. The van der Waals surface area contributed by atoms with Crippen molar-refractivity contribution in [3.8, 4) is 0 Å². The van der Waals surface area contributed by atoms with E-state index in [4.69, 9.17) is 23.2 Å². The number of alkyl halides is 2. The van der Waals surface area contributed by atoms with Gasteiger partial charge in [-0.2, -0.15) is 0 Å². The Hall–Kier alpha value is -2.19. The van der Waals surface area contributed by atoms with Gasteiger partial charge in [0.25, 0.3) is 5.91 Å². The molecule has 1 aliphatic rings. The lowest BCUT2D eigenvalue weighted by Gasteiger charge is -2.23. The highest BCUT2D eigenvalue weighted by Crippen LogP contribution is 2.19. The van der Waals surface area contributed by atoms with Crippen LogP contribution in [0.3, 0.4) is 0 Å². The summed E-state index contributed by atoms with van der Waals surface area (Å²) in [5, 5.41) is 8.54. The minimum atomic E-state index is -0.357. The molecule has 2 aromatic rings. The molecule has 186 valence electrons. The number of halogens is 3. The van der Waals surface area contributed by atoms with Gasteiger partial charge in [-0.15, -0.1) is 35.6 Å². The zero-order valence-corrected chi connectivity index (χ0v) is 21.4. The van der Waals surface area contributed by atoms with E-state index in [1.54, 1.807) is 24.3 Å². The van der Waals surface area contributed by atoms with Gasteiger partial charge in [0, 0.05) is 60.6 Å². The third-order valence-corrected chi connectivity index (χ3v) is 5.85. The zero-order chi connectivity index (χ0) is 23.5. The molecular weight excluding hydrogens is 497 g/mol. The predicted molar refractivity (Wildman–Crippen MR) is 144 cm³/mol. The fraction of sp³-hybridized carbons (Fsp3) is 0.417. The van der Waals surface area contributed by atoms with E-state index in [1.165, 1.54) is 12.8 Å². The number of anilines is 3. The van der Waals surface area contributed by atoms with Crippen LogP contribution in [0.25, 0.3) is 0 Å². The number of amides is 3. The molecule has 0 spiro atoms. The number of nitrogens with one attached hydrogen (secondary N) is 3. The lowest BCUT2D eigenvalue weighted by atomic mass is 10.2. The van der Waals surface area contributed by atoms with Crippen LogP contribution in [0.15, 0.2) is 48.5 Å². The molecule has 10 heteroatoms. The van der Waals surface area contributed by atoms with Gasteiger partial charge in [-0.1, -0.05) is 0 Å². The summed E-state index contributed by atoms with van der Waals surface area (Å²) >= 11 is 11.7. The van der Waals surface area contributed by atoms with Crippen molar-refractivity contribution in [1.82, 2.24) is 10.2 Å². The van der Waals surface area contributed by atoms with Crippen molar-refractivity contribution in [2.75, 3.05) is 66.6 Å². The maximum Gasteiger partial charge on any atom is 0.323 e. The summed E-state index contributed by atoms with van der Waals surface area (Å²) in [6.45, 7) is 5.15. The molecule has 0 saturated carbocycles. The Bertz CT molecular complexity index is 884. The van der Waals surface area contributed by atoms with E-state index in [-0.39, 0.29) is 24.3 Å². The van der Waals surface area contributed by atoms with Crippen LogP contribution < -0.4 is 20.9 Å². The third kappa shape index (κ3) is 8.87. The van der Waals surface area contributed by atoms with Crippen molar-refractivity contribution < 1.29 is 9.59 Å². The van der Waals surface area contributed by atoms with Crippen molar-refractivity contribution in [3.63, 3.8) is 0 Å². The average Bonchev–Trinajstić information content (AvgIpc) is 3.33. The molecule has 7 nitrogen and oxygen atoms in total. The number of nitrogens with zero attached hydrogens (tertiary/aromatic N) is 2. The molecule has 3 N–H and O–H groups in total. The fourth-order valence-corrected chi connectivity index (χ4v) is 4.17. The van der Waals surface area contributed by atoms with E-state index in [9.17, 15) is 9.59 Å². The van der Waals surface area contributed by atoms with Crippen molar-refractivity contribution in [3.05, 3.63) is 54.1 Å². The normalized spacial score (nSPS) is 13.1. The summed E-state index contributed by atoms with van der Waals surface area (Å²) in [6.07, 6.45) is 2.48. The Balaban J connectivity index is 0.00000408. The highest BCUT2D eigenvalue weighted by atomic mass is 35.5. The molecule has 0 bridgehead atoms. The highest BCUT2D eigenvalue weighted by molar-refractivity contribution is 6.18. The second-order valence-electron chi connectivity index (χ2n) is 7.87. The molecule has 2 aromatic carbocycles. The van der Waals surface area contributed by atoms with Gasteiger partial charge in [0.05, 0.1) is 0 Å². The number of hydrogen-bond donors (Lipinski definition) is 3. The SMILES string of the molecule is Cl.O=C(Nc1ccc(C(=O)NCCN2CCCC2)cc1)Nc1ccc(N(CCCl)CCCl)cc1. The van der Waals surface area contributed by atoms with E-state index in [0.717, 1.165) is 25.3 Å². The van der Waals surface area contributed by atoms with E-state index >= 15 is 0 Å². The molecule has 1 heterocycles. The third-order valence-electron chi connectivity index (χ3n) is 5.52. The number of benzene rings is 2. The number of carbonyl (C=O) groups is 2. The molecule has 0 aliphatic carbocycles. The van der Waals surface area contributed by atoms with Gasteiger partial charge < -0.3 is 25.8 Å². The van der Waals surface area contributed by atoms with Crippen LogP contribution in [0, 0.1) is 0 Å². The molecule has 0 aromatic heterocycles. The average molecular weight is 529 g/mol. The topological polar surface area (TPSA) is 76.7 Å². The second kappa shape index (κ2) is 14.9. The highest BCUT2D eigenvalue weighted by Gasteiger charge is 2.12. The van der Waals surface area contributed by atoms with E-state index in [1.807, 2.05) is 24.3 Å². The van der Waals surface area contributed by atoms with Crippen LogP contribution in [-0.4, -0.2) is 67.9 Å². The smallest absolute Gasteiger partial charge is 0.323 e. The standard InChI is InChI=1S/C24H31Cl2N5O2.ClH/c25-11-16-31(17-12-26)22-9-7-21(8-10-22)29-24(33)28-20-5-3-19(4-6-20)23(32)27-13-18-30-14-1-2-15-30;/h3-10H,1-2,11-18H2,(H,27,32)(H2,28,29,33);1H. The van der Waals surface area contributed by atoms with E-state index in [2.05, 4.69) is 25.8 Å². The molecule has 1 saturated heterocycles. The fourth-order valence-electron chi connectivity index (χ4n) is 3.76. The maximum atomic E-state index is 12.3. The Labute approximate surface area is 217 Å². The number of carbonyl (C=O) groups excluding carboxylic acids is 2. The van der Waals surface area contributed by atoms with E-state index < -0.39 is 0 Å². The molecule has 0 atom stereocenters. The number of urea groups is 1. The van der Waals surface area contributed by atoms with Crippen molar-refractivity contribution >= 4 is 64.6 Å². The Morgan fingerprint density at radius 2 is 1.38 bits per heavy atom. The van der Waals surface area contributed by atoms with Gasteiger partial charge in [-0.25, -0.2) is 4.79 Å². The van der Waals surface area contributed by atoms with Gasteiger partial charge >= 0.3 is 6.03 Å². The van der Waals surface area contributed by atoms with Gasteiger partial charge in [0.15, 0.2) is 0 Å². The lowest BCUT2D eigenvalue weighted by molar-refractivity contribution is 0.0949. The quantitative estimate of drug-likeness (QED) is 0.364. The first-order valence-corrected chi connectivity index (χ1v) is 12.3. The van der Waals surface area contributed by atoms with Crippen molar-refractivity contribution in [2.24, 2.45) is 0 Å². The van der Waals surface area contributed by atoms with Crippen LogP contribution in [0.5, 0.6) is 0 Å². The van der Waals surface area contributed by atoms with Crippen LogP contribution in [0.4, 0.5) is 21.9 Å². The molecule has 1 aliphatic heterocycles. The number of rotatable bonds is 11. The summed E-state index contributed by atoms with van der Waals surface area (Å²) in [5.74, 6) is 0.916. The van der Waals surface area contributed by atoms with Crippen LogP contribution >= 0.6 is 35.6 Å². The molecule has 3 amide bonds. The summed E-state index contributed by atoms with van der Waals surface area (Å²) < 4.78 is 0. The Kier molecular flexibility index (Phi) is 12.3. The second-order valence-corrected chi connectivity index (χ2v) is 8.63. The van der Waals surface area contributed by atoms with Gasteiger partial charge in [-0.3, -0.25) is 4.79 Å². The Morgan fingerprint density at radius 1 is 0.853 bits per heavy atom. The van der Waals surface area contributed by atoms with Crippen molar-refractivity contribution in [2.45, 2.75) is 12.8 Å². The zero-order valence-electron chi connectivity index (χ0n) is 19.1. The van der Waals surface area contributed by atoms with Gasteiger partial charge in [0.2, 0.25) is 0 Å². The molecule has 0 radical (unpaired) electrons. The summed E-state index contributed by atoms with van der Waals surface area (Å²) in [4.78, 5) is 29.1. The van der Waals surface area contributed by atoms with Crippen molar-refractivity contribution in [1.29, 1.82) is 0 Å². The summed E-state index contributed by atoms with van der Waals surface area (Å²) in [6, 6.07) is 14.0. The van der Waals surface area contributed by atoms with Crippen LogP contribution in [-0.2, 0) is 0 Å². The maximum absolute atomic E-state index is 12.3. The minimum Gasteiger partial charge on any atom is -0.369 e. The first-order chi connectivity index (χ1) is 16.1. The monoisotopic (exact) mass is 527 g/mol. The Morgan fingerprint density at radius 3 is 1.91 bits per heavy atom. The van der Waals surface area contributed by atoms with Crippen LogP contribution in [0.1, 0.15) is 23.2 Å². The molecule has 34 heavy (non-hydrogen) atoms. The molecular formula is C24H32Cl3N5O2. The minimum absolute atomic E-state index is 0. The first-order valence-electron chi connectivity index (χ1n) is 11.2. The first kappa shape index (κ1) is 28.1.